The summed E-state index contributed by atoms with van der Waals surface area (Å²) >= 11 is 0. The monoisotopic (exact) mass is 793 g/mol. The minimum absolute atomic E-state index is 0. The van der Waals surface area contributed by atoms with E-state index < -0.39 is 0 Å². The van der Waals surface area contributed by atoms with E-state index in [1.165, 1.54) is 51.6 Å². The number of fused-ring (bicyclic) bond motifs is 8. The second-order valence-corrected chi connectivity index (χ2v) is 15.2. The molecule has 12 heteroatoms. The molecule has 3 aromatic heterocycles. The molecule has 1 atom stereocenters. The highest BCUT2D eigenvalue weighted by molar-refractivity contribution is 5.74. The molecule has 2 aliphatic heterocycles. The van der Waals surface area contributed by atoms with E-state index >= 15 is 0 Å². The van der Waals surface area contributed by atoms with Crippen LogP contribution in [0.5, 0.6) is 5.75 Å². The van der Waals surface area contributed by atoms with Gasteiger partial charge >= 0.3 is 0 Å². The highest BCUT2D eigenvalue weighted by atomic mass is 16.5. The van der Waals surface area contributed by atoms with Gasteiger partial charge in [-0.3, -0.25) is 9.58 Å². The number of benzene rings is 2. The zero-order chi connectivity index (χ0) is 39.4. The molecule has 5 aromatic rings. The van der Waals surface area contributed by atoms with Crippen LogP contribution >= 0.6 is 0 Å². The highest BCUT2D eigenvalue weighted by Crippen LogP contribution is 2.37. The summed E-state index contributed by atoms with van der Waals surface area (Å²) in [5, 5.41) is 17.1. The summed E-state index contributed by atoms with van der Waals surface area (Å²) in [4.78, 5) is 20.4. The number of rotatable bonds is 8. The first-order valence-corrected chi connectivity index (χ1v) is 20.6. The van der Waals surface area contributed by atoms with Crippen molar-refractivity contribution in [3.63, 3.8) is 0 Å². The van der Waals surface area contributed by atoms with E-state index in [0.717, 1.165) is 69.3 Å². The average molecular weight is 794 g/mol. The Balaban J connectivity index is 0.000000191. The van der Waals surface area contributed by atoms with Gasteiger partial charge in [0.1, 0.15) is 18.7 Å². The third-order valence-electron chi connectivity index (χ3n) is 11.2. The first-order valence-electron chi connectivity index (χ1n) is 20.6. The quantitative estimate of drug-likeness (QED) is 0.151. The van der Waals surface area contributed by atoms with E-state index in [-0.39, 0.29) is 13.5 Å². The van der Waals surface area contributed by atoms with Crippen LogP contribution in [0, 0.1) is 17.2 Å². The van der Waals surface area contributed by atoms with E-state index in [1.807, 2.05) is 47.3 Å². The average Bonchev–Trinajstić information content (AvgIpc) is 4.11. The molecule has 306 valence electrons. The second kappa shape index (κ2) is 20.8. The van der Waals surface area contributed by atoms with Gasteiger partial charge in [-0.1, -0.05) is 62.8 Å². The first kappa shape index (κ1) is 41.4. The molecule has 1 saturated heterocycles. The Morgan fingerprint density at radius 3 is 2.61 bits per heavy atom. The molecule has 1 saturated carbocycles. The van der Waals surface area contributed by atoms with Gasteiger partial charge in [0, 0.05) is 53.3 Å². The third kappa shape index (κ3) is 10.9. The van der Waals surface area contributed by atoms with E-state index in [2.05, 4.69) is 79.0 Å². The fraction of sp³-hybridized carbons (Fsp3) is 0.404. The molecule has 1 N–H and O–H groups in total. The summed E-state index contributed by atoms with van der Waals surface area (Å²) in [5.74, 6) is 1.96. The van der Waals surface area contributed by atoms with Crippen LogP contribution < -0.4 is 10.1 Å². The van der Waals surface area contributed by atoms with Gasteiger partial charge in [0.25, 0.3) is 0 Å². The molecule has 9 rings (SSSR count). The lowest BCUT2D eigenvalue weighted by Crippen LogP contribution is -2.25. The SMILES string of the molecule is C.C1=C/COCc2cc(ccc2OCCN2CCCC2)Nc2nccc(n2)-c2cccc(c2)COC/1.N#CC[C@H](C1CCCC1)n1cc(-c2ncnc3c2C=CC3)cn1. The topological polar surface area (TPSA) is 136 Å². The van der Waals surface area contributed by atoms with Gasteiger partial charge in [-0.25, -0.2) is 19.9 Å². The van der Waals surface area contributed by atoms with E-state index in [9.17, 15) is 5.26 Å². The van der Waals surface area contributed by atoms with E-state index in [1.54, 1.807) is 12.5 Å². The van der Waals surface area contributed by atoms with Gasteiger partial charge in [-0.2, -0.15) is 10.4 Å². The van der Waals surface area contributed by atoms with Crippen molar-refractivity contribution in [3.05, 3.63) is 114 Å². The number of ether oxygens (including phenoxy) is 3. The molecule has 59 heavy (non-hydrogen) atoms. The molecule has 5 heterocycles. The number of nitrogens with zero attached hydrogens (tertiary/aromatic N) is 8. The zero-order valence-corrected chi connectivity index (χ0v) is 33.0. The second-order valence-electron chi connectivity index (χ2n) is 15.2. The molecule has 2 fully saturated rings. The minimum Gasteiger partial charge on any atom is -0.492 e. The van der Waals surface area contributed by atoms with E-state index in [0.29, 0.717) is 51.3 Å². The molecule has 0 amide bonds. The van der Waals surface area contributed by atoms with Crippen molar-refractivity contribution in [1.29, 1.82) is 5.26 Å². The molecular weight excluding hydrogens is 739 g/mol. The Hall–Kier alpha value is -5.74. The fourth-order valence-corrected chi connectivity index (χ4v) is 8.19. The molecule has 0 spiro atoms. The number of anilines is 2. The molecular formula is C47H55N9O3. The summed E-state index contributed by atoms with van der Waals surface area (Å²) in [6.45, 7) is 5.99. The van der Waals surface area contributed by atoms with Crippen LogP contribution in [0.4, 0.5) is 11.6 Å². The third-order valence-corrected chi connectivity index (χ3v) is 11.2. The van der Waals surface area contributed by atoms with Crippen molar-refractivity contribution in [1.82, 2.24) is 34.6 Å². The number of nitrogens with one attached hydrogen (secondary N) is 1. The van der Waals surface area contributed by atoms with Gasteiger partial charge in [0.2, 0.25) is 5.95 Å². The van der Waals surface area contributed by atoms with Crippen molar-refractivity contribution in [2.45, 2.75) is 78.0 Å². The number of hydrogen-bond donors (Lipinski definition) is 1. The normalized spacial score (nSPS) is 17.5. The molecule has 2 aromatic carbocycles. The van der Waals surface area contributed by atoms with Crippen molar-refractivity contribution in [2.24, 2.45) is 5.92 Å². The standard InChI is InChI=1S/C28H32N4O3.C18H19N5.CH4/c1-2-13-32(12-1)14-17-35-27-9-8-25-19-24(27)21-34-16-4-3-15-33-20-22-6-5-7-23(18-22)26-10-11-29-28(30-25)31-26;19-9-8-17(13-4-1-2-5-13)23-11-14(10-22-23)18-15-6-3-7-16(15)20-12-21-18;/h3-11,18-19H,1-2,12-17,20-21H2,(H,29,30,31);3,6,10-13,17H,1-2,4-5,7-8H2;1H4/b4-3+;;/t;17-;/m.1./s1. The first-order chi connectivity index (χ1) is 28.7. The summed E-state index contributed by atoms with van der Waals surface area (Å²) < 4.78 is 19.9. The number of nitriles is 1. The van der Waals surface area contributed by atoms with Gasteiger partial charge in [0.15, 0.2) is 0 Å². The van der Waals surface area contributed by atoms with Crippen LogP contribution in [-0.2, 0) is 29.1 Å². The summed E-state index contributed by atoms with van der Waals surface area (Å²) in [7, 11) is 0. The van der Waals surface area contributed by atoms with Crippen molar-refractivity contribution >= 4 is 17.7 Å². The lowest BCUT2D eigenvalue weighted by Gasteiger charge is -2.21. The maximum absolute atomic E-state index is 9.19. The van der Waals surface area contributed by atoms with Gasteiger partial charge in [-0.05, 0) is 80.6 Å². The van der Waals surface area contributed by atoms with Crippen molar-refractivity contribution in [2.75, 3.05) is 44.8 Å². The predicted molar refractivity (Wildman–Crippen MR) is 231 cm³/mol. The van der Waals surface area contributed by atoms with Crippen molar-refractivity contribution < 1.29 is 14.2 Å². The molecule has 0 unspecified atom stereocenters. The lowest BCUT2D eigenvalue weighted by atomic mass is 9.96. The number of hydrogen-bond acceptors (Lipinski definition) is 11. The summed E-state index contributed by atoms with van der Waals surface area (Å²) in [5.41, 5.74) is 9.01. The number of allylic oxidation sites excluding steroid dienone is 1. The Bertz CT molecular complexity index is 2230. The van der Waals surface area contributed by atoms with Crippen LogP contribution in [0.2, 0.25) is 0 Å². The number of likely N-dealkylation sites (tertiary alicyclic amines) is 1. The van der Waals surface area contributed by atoms with E-state index in [4.69, 9.17) is 19.2 Å². The lowest BCUT2D eigenvalue weighted by molar-refractivity contribution is 0.138. The largest absolute Gasteiger partial charge is 0.492 e. The molecule has 12 nitrogen and oxygen atoms in total. The summed E-state index contributed by atoms with van der Waals surface area (Å²) in [6.07, 6.45) is 24.4. The Morgan fingerprint density at radius 1 is 0.915 bits per heavy atom. The van der Waals surface area contributed by atoms with Crippen LogP contribution in [0.3, 0.4) is 0 Å². The fourth-order valence-electron chi connectivity index (χ4n) is 8.19. The maximum atomic E-state index is 9.19. The highest BCUT2D eigenvalue weighted by Gasteiger charge is 2.27. The Morgan fingerprint density at radius 2 is 1.76 bits per heavy atom. The number of aromatic nitrogens is 6. The van der Waals surface area contributed by atoms with Gasteiger partial charge in [-0.15, -0.1) is 0 Å². The van der Waals surface area contributed by atoms with Crippen LogP contribution in [0.1, 0.15) is 80.8 Å². The van der Waals surface area contributed by atoms with Crippen LogP contribution in [0.25, 0.3) is 28.6 Å². The molecule has 0 radical (unpaired) electrons. The smallest absolute Gasteiger partial charge is 0.227 e. The zero-order valence-electron chi connectivity index (χ0n) is 33.0. The predicted octanol–water partition coefficient (Wildman–Crippen LogP) is 9.16. The van der Waals surface area contributed by atoms with Gasteiger partial charge < -0.3 is 19.5 Å². The van der Waals surface area contributed by atoms with Gasteiger partial charge in [0.05, 0.1) is 68.2 Å². The summed E-state index contributed by atoms with van der Waals surface area (Å²) in [6, 6.07) is 18.7. The maximum Gasteiger partial charge on any atom is 0.227 e. The van der Waals surface area contributed by atoms with Crippen LogP contribution in [-0.4, -0.2) is 74.1 Å². The van der Waals surface area contributed by atoms with Crippen molar-refractivity contribution in [3.8, 4) is 34.3 Å². The Kier molecular flexibility index (Phi) is 14.6. The molecule has 6 bridgehead atoms. The van der Waals surface area contributed by atoms with Crippen LogP contribution in [0.15, 0.2) is 91.7 Å². The molecule has 2 aliphatic carbocycles. The Labute approximate surface area is 348 Å². The molecule has 4 aliphatic rings. The minimum atomic E-state index is 0.